The van der Waals surface area contributed by atoms with Crippen LogP contribution in [0.1, 0.15) is 31.2 Å². The highest BCUT2D eigenvalue weighted by atomic mass is 16.3. The molecule has 0 saturated heterocycles. The molecule has 4 rings (SSSR count). The minimum Gasteiger partial charge on any atom is -0.394 e. The molecule has 1 aromatic heterocycles. The first-order valence-corrected chi connectivity index (χ1v) is 10.3. The number of benzene rings is 2. The summed E-state index contributed by atoms with van der Waals surface area (Å²) in [5.41, 5.74) is 1.73. The normalized spacial score (nSPS) is 16.2. The largest absolute Gasteiger partial charge is 0.394 e. The number of pyridine rings is 1. The van der Waals surface area contributed by atoms with Crippen molar-refractivity contribution in [1.29, 1.82) is 0 Å². The molecule has 154 valence electrons. The number of aliphatic hydroxyl groups excluding tert-OH is 1. The molecule has 1 atom stereocenters. The van der Waals surface area contributed by atoms with Gasteiger partial charge in [0.2, 0.25) is 11.8 Å². The highest BCUT2D eigenvalue weighted by molar-refractivity contribution is 6.00. The smallest absolute Gasteiger partial charge is 0.249 e. The van der Waals surface area contributed by atoms with Crippen LogP contribution in [-0.4, -0.2) is 34.6 Å². The Balaban J connectivity index is 1.50. The van der Waals surface area contributed by atoms with E-state index >= 15 is 0 Å². The van der Waals surface area contributed by atoms with Gasteiger partial charge in [-0.3, -0.25) is 14.6 Å². The Kier molecular flexibility index (Phi) is 5.77. The van der Waals surface area contributed by atoms with Gasteiger partial charge in [-0.15, -0.1) is 0 Å². The number of carbonyl (C=O) groups excluding carboxylic acids is 2. The highest BCUT2D eigenvalue weighted by Gasteiger charge is 2.43. The maximum absolute atomic E-state index is 13.3. The topological polar surface area (TPSA) is 91.3 Å². The lowest BCUT2D eigenvalue weighted by molar-refractivity contribution is -0.131. The van der Waals surface area contributed by atoms with Crippen LogP contribution < -0.4 is 10.6 Å². The van der Waals surface area contributed by atoms with Crippen LogP contribution in [0.3, 0.4) is 0 Å². The number of nitrogens with one attached hydrogen (secondary N) is 2. The predicted octanol–water partition coefficient (Wildman–Crippen LogP) is 3.16. The first-order valence-electron chi connectivity index (χ1n) is 10.3. The van der Waals surface area contributed by atoms with Gasteiger partial charge in [0.25, 0.3) is 0 Å². The number of rotatable bonds is 6. The van der Waals surface area contributed by atoms with Gasteiger partial charge in [0.05, 0.1) is 17.5 Å². The van der Waals surface area contributed by atoms with Crippen LogP contribution in [0.15, 0.2) is 66.9 Å². The van der Waals surface area contributed by atoms with Gasteiger partial charge in [0, 0.05) is 17.3 Å². The number of aliphatic hydroxyl groups is 1. The number of carbonyl (C=O) groups is 2. The van der Waals surface area contributed by atoms with Gasteiger partial charge < -0.3 is 15.7 Å². The lowest BCUT2D eigenvalue weighted by Gasteiger charge is -2.30. The Hall–Kier alpha value is -3.25. The second kappa shape index (κ2) is 8.63. The summed E-state index contributed by atoms with van der Waals surface area (Å²) in [6.07, 6.45) is 5.11. The monoisotopic (exact) mass is 403 g/mol. The molecule has 2 aromatic carbocycles. The Morgan fingerprint density at radius 3 is 2.53 bits per heavy atom. The summed E-state index contributed by atoms with van der Waals surface area (Å²) in [6.45, 7) is -0.475. The summed E-state index contributed by atoms with van der Waals surface area (Å²) < 4.78 is 0. The number of anilines is 1. The molecule has 6 heteroatoms. The SMILES string of the molecule is O=C(Nc1ccc2ncccc2c1)C(CO)NC(=O)C1(c2ccccc2)CCCC1. The van der Waals surface area contributed by atoms with Gasteiger partial charge in [-0.1, -0.05) is 49.2 Å². The Labute approximate surface area is 175 Å². The fourth-order valence-electron chi connectivity index (χ4n) is 4.26. The fraction of sp³-hybridized carbons (Fsp3) is 0.292. The molecule has 6 nitrogen and oxygen atoms in total. The van der Waals surface area contributed by atoms with Gasteiger partial charge in [-0.25, -0.2) is 0 Å². The summed E-state index contributed by atoms with van der Waals surface area (Å²) in [5.74, 6) is -0.654. The third kappa shape index (κ3) is 3.91. The van der Waals surface area contributed by atoms with Gasteiger partial charge >= 0.3 is 0 Å². The van der Waals surface area contributed by atoms with E-state index in [0.717, 1.165) is 42.1 Å². The van der Waals surface area contributed by atoms with Crippen molar-refractivity contribution >= 4 is 28.4 Å². The molecule has 1 heterocycles. The van der Waals surface area contributed by atoms with Crippen LogP contribution in [0.4, 0.5) is 5.69 Å². The van der Waals surface area contributed by atoms with Crippen LogP contribution >= 0.6 is 0 Å². The second-order valence-electron chi connectivity index (χ2n) is 7.76. The quantitative estimate of drug-likeness (QED) is 0.590. The number of nitrogens with zero attached hydrogens (tertiary/aromatic N) is 1. The Bertz CT molecular complexity index is 1050. The van der Waals surface area contributed by atoms with E-state index < -0.39 is 24.0 Å². The van der Waals surface area contributed by atoms with Crippen LogP contribution in [0.2, 0.25) is 0 Å². The summed E-state index contributed by atoms with van der Waals surface area (Å²) in [5, 5.41) is 16.3. The van der Waals surface area contributed by atoms with E-state index in [2.05, 4.69) is 15.6 Å². The molecular formula is C24H25N3O3. The van der Waals surface area contributed by atoms with Crippen molar-refractivity contribution in [3.8, 4) is 0 Å². The highest BCUT2D eigenvalue weighted by Crippen LogP contribution is 2.41. The van der Waals surface area contributed by atoms with E-state index in [1.54, 1.807) is 12.3 Å². The Morgan fingerprint density at radius 1 is 1.03 bits per heavy atom. The van der Waals surface area contributed by atoms with Crippen LogP contribution in [0.25, 0.3) is 10.9 Å². The Morgan fingerprint density at radius 2 is 1.80 bits per heavy atom. The van der Waals surface area contributed by atoms with E-state index in [-0.39, 0.29) is 5.91 Å². The first-order chi connectivity index (χ1) is 14.6. The van der Waals surface area contributed by atoms with Crippen molar-refractivity contribution in [2.24, 2.45) is 0 Å². The van der Waals surface area contributed by atoms with E-state index in [9.17, 15) is 14.7 Å². The second-order valence-corrected chi connectivity index (χ2v) is 7.76. The van der Waals surface area contributed by atoms with Crippen LogP contribution in [0, 0.1) is 0 Å². The molecule has 0 bridgehead atoms. The van der Waals surface area contributed by atoms with E-state index in [0.29, 0.717) is 5.69 Å². The fourth-order valence-corrected chi connectivity index (χ4v) is 4.26. The molecule has 2 amide bonds. The zero-order valence-corrected chi connectivity index (χ0v) is 16.7. The number of aromatic nitrogens is 1. The molecule has 1 unspecified atom stereocenters. The van der Waals surface area contributed by atoms with Crippen LogP contribution in [-0.2, 0) is 15.0 Å². The zero-order chi connectivity index (χ0) is 21.0. The maximum Gasteiger partial charge on any atom is 0.249 e. The summed E-state index contributed by atoms with van der Waals surface area (Å²) in [6, 6.07) is 17.8. The van der Waals surface area contributed by atoms with Crippen molar-refractivity contribution < 1.29 is 14.7 Å². The average molecular weight is 403 g/mol. The summed E-state index contributed by atoms with van der Waals surface area (Å²) >= 11 is 0. The van der Waals surface area contributed by atoms with Gasteiger partial charge in [0.15, 0.2) is 0 Å². The number of hydrogen-bond donors (Lipinski definition) is 3. The molecule has 3 aromatic rings. The predicted molar refractivity (Wildman–Crippen MR) is 116 cm³/mol. The van der Waals surface area contributed by atoms with Gasteiger partial charge in [-0.05, 0) is 42.7 Å². The summed E-state index contributed by atoms with van der Waals surface area (Å²) in [7, 11) is 0. The lowest BCUT2D eigenvalue weighted by Crippen LogP contribution is -2.52. The van der Waals surface area contributed by atoms with Crippen molar-refractivity contribution in [3.05, 3.63) is 72.4 Å². The molecule has 1 aliphatic carbocycles. The molecule has 30 heavy (non-hydrogen) atoms. The van der Waals surface area contributed by atoms with Crippen molar-refractivity contribution in [2.75, 3.05) is 11.9 Å². The number of fused-ring (bicyclic) bond motifs is 1. The minimum absolute atomic E-state index is 0.205. The van der Waals surface area contributed by atoms with E-state index in [1.165, 1.54) is 0 Å². The minimum atomic E-state index is -1.02. The third-order valence-corrected chi connectivity index (χ3v) is 5.89. The van der Waals surface area contributed by atoms with Crippen LogP contribution in [0.5, 0.6) is 0 Å². The molecule has 0 aliphatic heterocycles. The van der Waals surface area contributed by atoms with Crippen molar-refractivity contribution in [1.82, 2.24) is 10.3 Å². The molecular weight excluding hydrogens is 378 g/mol. The maximum atomic E-state index is 13.3. The molecule has 3 N–H and O–H groups in total. The molecule has 1 fully saturated rings. The van der Waals surface area contributed by atoms with Gasteiger partial charge in [0.1, 0.15) is 6.04 Å². The molecule has 1 aliphatic rings. The number of hydrogen-bond acceptors (Lipinski definition) is 4. The summed E-state index contributed by atoms with van der Waals surface area (Å²) in [4.78, 5) is 30.3. The number of amides is 2. The molecule has 0 radical (unpaired) electrons. The van der Waals surface area contributed by atoms with E-state index in [4.69, 9.17) is 0 Å². The standard InChI is InChI=1S/C24H25N3O3/c28-16-21(22(29)26-19-10-11-20-17(15-19)7-6-14-25-20)27-23(30)24(12-4-5-13-24)18-8-2-1-3-9-18/h1-3,6-11,14-15,21,28H,4-5,12-13,16H2,(H,26,29)(H,27,30). The van der Waals surface area contributed by atoms with E-state index in [1.807, 2.05) is 54.6 Å². The molecule has 1 saturated carbocycles. The third-order valence-electron chi connectivity index (χ3n) is 5.89. The first kappa shape index (κ1) is 20.0. The van der Waals surface area contributed by atoms with Crippen molar-refractivity contribution in [2.45, 2.75) is 37.1 Å². The molecule has 0 spiro atoms. The zero-order valence-electron chi connectivity index (χ0n) is 16.7. The van der Waals surface area contributed by atoms with Crippen molar-refractivity contribution in [3.63, 3.8) is 0 Å². The lowest BCUT2D eigenvalue weighted by atomic mass is 9.78. The average Bonchev–Trinajstić information content (AvgIpc) is 3.29. The van der Waals surface area contributed by atoms with Gasteiger partial charge in [-0.2, -0.15) is 0 Å².